The molecule has 2 heteroatoms. The molecule has 0 bridgehead atoms. The Labute approximate surface area is 114 Å². The van der Waals surface area contributed by atoms with E-state index >= 15 is 0 Å². The van der Waals surface area contributed by atoms with Gasteiger partial charge in [-0.05, 0) is 30.0 Å². The highest BCUT2D eigenvalue weighted by molar-refractivity contribution is 5.36. The quantitative estimate of drug-likeness (QED) is 0.881. The van der Waals surface area contributed by atoms with Crippen LogP contribution in [0.2, 0.25) is 0 Å². The van der Waals surface area contributed by atoms with Crippen molar-refractivity contribution >= 4 is 0 Å². The Bertz CT molecular complexity index is 552. The highest BCUT2D eigenvalue weighted by Crippen LogP contribution is 2.32. The maximum absolute atomic E-state index is 10.4. The number of hydrogen-bond acceptors (Lipinski definition) is 2. The molecule has 0 fully saturated rings. The van der Waals surface area contributed by atoms with Crippen LogP contribution in [0.5, 0.6) is 0 Å². The minimum absolute atomic E-state index is 0.104. The first kappa shape index (κ1) is 12.4. The summed E-state index contributed by atoms with van der Waals surface area (Å²) in [6, 6.07) is 18.9. The number of aliphatic hydroxyl groups excluding tert-OH is 1. The van der Waals surface area contributed by atoms with Gasteiger partial charge in [-0.15, -0.1) is 0 Å². The molecule has 0 amide bonds. The summed E-state index contributed by atoms with van der Waals surface area (Å²) < 4.78 is 0. The van der Waals surface area contributed by atoms with Crippen molar-refractivity contribution in [3.63, 3.8) is 0 Å². The lowest BCUT2D eigenvalue weighted by molar-refractivity contribution is 0.136. The molecule has 3 atom stereocenters. The third-order valence-electron chi connectivity index (χ3n) is 3.96. The Morgan fingerprint density at radius 2 is 1.74 bits per heavy atom. The van der Waals surface area contributed by atoms with E-state index in [2.05, 4.69) is 30.4 Å². The Balaban J connectivity index is 1.73. The third kappa shape index (κ3) is 2.42. The van der Waals surface area contributed by atoms with Crippen molar-refractivity contribution in [1.82, 2.24) is 5.32 Å². The Hall–Kier alpha value is -1.64. The van der Waals surface area contributed by atoms with Gasteiger partial charge in [-0.2, -0.15) is 0 Å². The predicted octanol–water partition coefficient (Wildman–Crippen LogP) is 3.00. The molecule has 0 saturated heterocycles. The Morgan fingerprint density at radius 3 is 2.47 bits per heavy atom. The van der Waals surface area contributed by atoms with Crippen LogP contribution in [0.15, 0.2) is 54.6 Å². The highest BCUT2D eigenvalue weighted by atomic mass is 16.3. The van der Waals surface area contributed by atoms with E-state index < -0.39 is 6.10 Å². The van der Waals surface area contributed by atoms with Crippen LogP contribution < -0.4 is 5.32 Å². The average Bonchev–Trinajstić information content (AvgIpc) is 2.77. The second kappa shape index (κ2) is 5.16. The molecule has 0 aromatic heterocycles. The van der Waals surface area contributed by atoms with Gasteiger partial charge in [-0.25, -0.2) is 0 Å². The van der Waals surface area contributed by atoms with E-state index in [9.17, 15) is 5.11 Å². The van der Waals surface area contributed by atoms with Crippen LogP contribution in [0.1, 0.15) is 35.8 Å². The number of hydrogen-bond donors (Lipinski definition) is 2. The number of rotatable bonds is 3. The second-order valence-electron chi connectivity index (χ2n) is 5.25. The van der Waals surface area contributed by atoms with Crippen molar-refractivity contribution in [3.05, 3.63) is 71.3 Å². The molecule has 0 aliphatic heterocycles. The van der Waals surface area contributed by atoms with Gasteiger partial charge in [0.15, 0.2) is 0 Å². The van der Waals surface area contributed by atoms with Crippen LogP contribution in [0.4, 0.5) is 0 Å². The molecule has 0 heterocycles. The van der Waals surface area contributed by atoms with E-state index in [1.807, 2.05) is 36.4 Å². The molecule has 2 N–H and O–H groups in total. The van der Waals surface area contributed by atoms with Crippen molar-refractivity contribution in [2.24, 2.45) is 0 Å². The summed E-state index contributed by atoms with van der Waals surface area (Å²) in [5.74, 6) is 0. The zero-order valence-corrected chi connectivity index (χ0v) is 11.1. The van der Waals surface area contributed by atoms with Gasteiger partial charge in [0.2, 0.25) is 0 Å². The normalized spacial score (nSPS) is 23.1. The molecule has 1 aliphatic rings. The first-order chi connectivity index (χ1) is 9.25. The van der Waals surface area contributed by atoms with Crippen LogP contribution in [0.25, 0.3) is 0 Å². The molecule has 98 valence electrons. The summed E-state index contributed by atoms with van der Waals surface area (Å²) in [5.41, 5.74) is 3.58. The molecule has 0 saturated carbocycles. The SMILES string of the molecule is C[C@H](NC1Cc2ccccc2C1O)c1ccccc1. The largest absolute Gasteiger partial charge is 0.387 e. The zero-order valence-electron chi connectivity index (χ0n) is 11.1. The first-order valence-electron chi connectivity index (χ1n) is 6.82. The molecule has 0 radical (unpaired) electrons. The minimum atomic E-state index is -0.401. The lowest BCUT2D eigenvalue weighted by Gasteiger charge is -2.22. The van der Waals surface area contributed by atoms with Crippen LogP contribution in [-0.4, -0.2) is 11.1 Å². The van der Waals surface area contributed by atoms with Crippen LogP contribution in [0.3, 0.4) is 0 Å². The molecule has 2 unspecified atom stereocenters. The molecule has 1 aliphatic carbocycles. The molecule has 3 rings (SSSR count). The molecular weight excluding hydrogens is 234 g/mol. The van der Waals surface area contributed by atoms with Crippen LogP contribution >= 0.6 is 0 Å². The van der Waals surface area contributed by atoms with Gasteiger partial charge in [0, 0.05) is 12.1 Å². The maximum Gasteiger partial charge on any atom is 0.0949 e. The summed E-state index contributed by atoms with van der Waals surface area (Å²) in [6.45, 7) is 2.14. The van der Waals surface area contributed by atoms with Crippen molar-refractivity contribution in [3.8, 4) is 0 Å². The minimum Gasteiger partial charge on any atom is -0.387 e. The van der Waals surface area contributed by atoms with Gasteiger partial charge in [-0.3, -0.25) is 0 Å². The van der Waals surface area contributed by atoms with E-state index in [4.69, 9.17) is 0 Å². The molecule has 2 aromatic carbocycles. The lowest BCUT2D eigenvalue weighted by atomic mass is 10.1. The van der Waals surface area contributed by atoms with Crippen molar-refractivity contribution in [2.75, 3.05) is 0 Å². The smallest absolute Gasteiger partial charge is 0.0949 e. The van der Waals surface area contributed by atoms with Crippen molar-refractivity contribution in [1.29, 1.82) is 0 Å². The fourth-order valence-corrected chi connectivity index (χ4v) is 2.88. The third-order valence-corrected chi connectivity index (χ3v) is 3.96. The standard InChI is InChI=1S/C17H19NO/c1-12(13-7-3-2-4-8-13)18-16-11-14-9-5-6-10-15(14)17(16)19/h2-10,12,16-19H,11H2,1H3/t12-,16?,17?/m0/s1. The van der Waals surface area contributed by atoms with Crippen molar-refractivity contribution < 1.29 is 5.11 Å². The Kier molecular flexibility index (Phi) is 3.36. The predicted molar refractivity (Wildman–Crippen MR) is 76.9 cm³/mol. The number of nitrogens with one attached hydrogen (secondary N) is 1. The van der Waals surface area contributed by atoms with Gasteiger partial charge < -0.3 is 10.4 Å². The summed E-state index contributed by atoms with van der Waals surface area (Å²) in [4.78, 5) is 0. The van der Waals surface area contributed by atoms with E-state index in [-0.39, 0.29) is 12.1 Å². The monoisotopic (exact) mass is 253 g/mol. The van der Waals surface area contributed by atoms with E-state index in [1.165, 1.54) is 11.1 Å². The van der Waals surface area contributed by atoms with E-state index in [0.717, 1.165) is 12.0 Å². The summed E-state index contributed by atoms with van der Waals surface area (Å²) in [6.07, 6.45) is 0.497. The van der Waals surface area contributed by atoms with Gasteiger partial charge >= 0.3 is 0 Å². The second-order valence-corrected chi connectivity index (χ2v) is 5.25. The molecular formula is C17H19NO. The zero-order chi connectivity index (χ0) is 13.2. The van der Waals surface area contributed by atoms with Gasteiger partial charge in [0.05, 0.1) is 6.10 Å². The fraction of sp³-hybridized carbons (Fsp3) is 0.294. The topological polar surface area (TPSA) is 32.3 Å². The molecule has 0 spiro atoms. The number of aliphatic hydroxyl groups is 1. The van der Waals surface area contributed by atoms with Crippen molar-refractivity contribution in [2.45, 2.75) is 31.5 Å². The van der Waals surface area contributed by atoms with Gasteiger partial charge in [-0.1, -0.05) is 54.6 Å². The molecule has 19 heavy (non-hydrogen) atoms. The summed E-state index contributed by atoms with van der Waals surface area (Å²) >= 11 is 0. The molecule has 2 nitrogen and oxygen atoms in total. The first-order valence-corrected chi connectivity index (χ1v) is 6.82. The number of benzene rings is 2. The maximum atomic E-state index is 10.4. The van der Waals surface area contributed by atoms with Gasteiger partial charge in [0.25, 0.3) is 0 Å². The van der Waals surface area contributed by atoms with Gasteiger partial charge in [0.1, 0.15) is 0 Å². The summed E-state index contributed by atoms with van der Waals surface area (Å²) in [7, 11) is 0. The fourth-order valence-electron chi connectivity index (χ4n) is 2.88. The molecule has 2 aromatic rings. The highest BCUT2D eigenvalue weighted by Gasteiger charge is 2.31. The van der Waals surface area contributed by atoms with Crippen LogP contribution in [0, 0.1) is 0 Å². The number of fused-ring (bicyclic) bond motifs is 1. The average molecular weight is 253 g/mol. The summed E-state index contributed by atoms with van der Waals surface area (Å²) in [5, 5.41) is 13.9. The van der Waals surface area contributed by atoms with Crippen LogP contribution in [-0.2, 0) is 6.42 Å². The lowest BCUT2D eigenvalue weighted by Crippen LogP contribution is -2.34. The van der Waals surface area contributed by atoms with E-state index in [0.29, 0.717) is 0 Å². The Morgan fingerprint density at radius 1 is 1.05 bits per heavy atom. The van der Waals surface area contributed by atoms with E-state index in [1.54, 1.807) is 0 Å².